The number of alkyl halides is 1. The molecule has 1 aromatic rings. The molecule has 2 aliphatic rings. The number of amidine groups is 1. The van der Waals surface area contributed by atoms with E-state index < -0.39 is 11.5 Å². The van der Waals surface area contributed by atoms with Gasteiger partial charge in [0.15, 0.2) is 11.0 Å². The van der Waals surface area contributed by atoms with Crippen LogP contribution >= 0.6 is 22.9 Å². The molecular weight excluding hydrogens is 390 g/mol. The Labute approximate surface area is 167 Å². The van der Waals surface area contributed by atoms with Gasteiger partial charge in [0.05, 0.1) is 17.8 Å². The number of carbonyl (C=O) groups excluding carboxylic acids is 1. The van der Waals surface area contributed by atoms with Crippen molar-refractivity contribution in [3.63, 3.8) is 0 Å². The van der Waals surface area contributed by atoms with Gasteiger partial charge < -0.3 is 20.2 Å². The van der Waals surface area contributed by atoms with Crippen LogP contribution in [0.3, 0.4) is 0 Å². The first-order valence-corrected chi connectivity index (χ1v) is 10.4. The van der Waals surface area contributed by atoms with Crippen LogP contribution in [-0.2, 0) is 4.79 Å². The number of carboxylic acid groups (broad SMARTS) is 1. The Morgan fingerprint density at radius 2 is 2.11 bits per heavy atom. The predicted molar refractivity (Wildman–Crippen MR) is 106 cm³/mol. The van der Waals surface area contributed by atoms with Crippen molar-refractivity contribution in [2.45, 2.75) is 51.2 Å². The number of aliphatic imine (C=N–C) groups is 1. The van der Waals surface area contributed by atoms with Crippen LogP contribution in [0.25, 0.3) is 0 Å². The summed E-state index contributed by atoms with van der Waals surface area (Å²) in [7, 11) is 0. The lowest BCUT2D eigenvalue weighted by atomic mass is 10.1. The second-order valence-corrected chi connectivity index (χ2v) is 8.21. The summed E-state index contributed by atoms with van der Waals surface area (Å²) in [5.41, 5.74) is 0.110. The highest BCUT2D eigenvalue weighted by molar-refractivity contribution is 7.17. The lowest BCUT2D eigenvalue weighted by molar-refractivity contribution is -0.127. The number of carbonyl (C=O) groups is 2. The Bertz CT molecular complexity index is 762. The zero-order valence-corrected chi connectivity index (χ0v) is 17.2. The maximum atomic E-state index is 12.9. The molecule has 2 N–H and O–H groups in total. The first-order valence-electron chi connectivity index (χ1n) is 9.10. The number of carboxylic acids is 1. The summed E-state index contributed by atoms with van der Waals surface area (Å²) >= 11 is 7.36. The van der Waals surface area contributed by atoms with Gasteiger partial charge in [-0.3, -0.25) is 4.79 Å². The minimum absolute atomic E-state index is 0.0142. The van der Waals surface area contributed by atoms with Gasteiger partial charge in [0.25, 0.3) is 5.91 Å². The predicted octanol–water partition coefficient (Wildman–Crippen LogP) is 1.92. The van der Waals surface area contributed by atoms with Crippen LogP contribution in [0.5, 0.6) is 0 Å². The number of rotatable bonds is 7. The normalized spacial score (nSPS) is 22.2. The van der Waals surface area contributed by atoms with Gasteiger partial charge in [-0.2, -0.15) is 0 Å². The highest BCUT2D eigenvalue weighted by Gasteiger charge is 2.39. The molecule has 2 unspecified atom stereocenters. The quantitative estimate of drug-likeness (QED) is 0.523. The molecule has 0 radical (unpaired) electrons. The fourth-order valence-corrected chi connectivity index (χ4v) is 4.52. The van der Waals surface area contributed by atoms with Crippen molar-refractivity contribution in [1.29, 1.82) is 0 Å². The van der Waals surface area contributed by atoms with Gasteiger partial charge in [-0.05, 0) is 19.8 Å². The molecule has 2 atom stereocenters. The second-order valence-electron chi connectivity index (χ2n) is 6.78. The van der Waals surface area contributed by atoms with Crippen molar-refractivity contribution in [3.05, 3.63) is 10.6 Å². The molecule has 10 heteroatoms. The number of halogens is 1. The van der Waals surface area contributed by atoms with E-state index in [-0.39, 0.29) is 22.9 Å². The molecule has 0 saturated carbocycles. The van der Waals surface area contributed by atoms with E-state index >= 15 is 0 Å². The van der Waals surface area contributed by atoms with E-state index in [4.69, 9.17) is 11.6 Å². The summed E-state index contributed by atoms with van der Waals surface area (Å²) in [4.78, 5) is 36.9. The highest BCUT2D eigenvalue weighted by atomic mass is 35.5. The maximum absolute atomic E-state index is 12.9. The van der Waals surface area contributed by atoms with Crippen molar-refractivity contribution in [2.24, 2.45) is 4.99 Å². The number of hydrogen-bond acceptors (Lipinski definition) is 7. The lowest BCUT2D eigenvalue weighted by Gasteiger charge is -2.45. The van der Waals surface area contributed by atoms with Gasteiger partial charge in [0.1, 0.15) is 10.4 Å². The van der Waals surface area contributed by atoms with Crippen LogP contribution < -0.4 is 10.2 Å². The van der Waals surface area contributed by atoms with Gasteiger partial charge in [0, 0.05) is 19.6 Å². The van der Waals surface area contributed by atoms with Gasteiger partial charge in [-0.1, -0.05) is 36.8 Å². The molecule has 1 saturated heterocycles. The Hall–Kier alpha value is -1.87. The fraction of sp³-hybridized carbons (Fsp3) is 0.647. The molecule has 0 aliphatic carbocycles. The van der Waals surface area contributed by atoms with Gasteiger partial charge in [-0.15, -0.1) is 0 Å². The number of aryl methyl sites for hydroxylation is 1. The van der Waals surface area contributed by atoms with Crippen LogP contribution in [0.2, 0.25) is 0 Å². The van der Waals surface area contributed by atoms with Gasteiger partial charge in [-0.25, -0.2) is 14.8 Å². The van der Waals surface area contributed by atoms with E-state index in [9.17, 15) is 14.7 Å². The second kappa shape index (κ2) is 8.02. The number of nitrogens with one attached hydrogen (secondary N) is 1. The zero-order valence-electron chi connectivity index (χ0n) is 15.6. The molecule has 148 valence electrons. The number of thiazole rings is 1. The Morgan fingerprint density at radius 3 is 2.63 bits per heavy atom. The van der Waals surface area contributed by atoms with Gasteiger partial charge in [0.2, 0.25) is 0 Å². The molecule has 0 spiro atoms. The third kappa shape index (κ3) is 3.89. The summed E-state index contributed by atoms with van der Waals surface area (Å²) in [5, 5.41) is 13.0. The first-order chi connectivity index (χ1) is 12.8. The van der Waals surface area contributed by atoms with E-state index in [2.05, 4.69) is 15.3 Å². The van der Waals surface area contributed by atoms with E-state index in [1.54, 1.807) is 6.92 Å². The lowest BCUT2D eigenvalue weighted by Crippen LogP contribution is -2.63. The largest absolute Gasteiger partial charge is 0.477 e. The molecule has 3 heterocycles. The van der Waals surface area contributed by atoms with Crippen molar-refractivity contribution < 1.29 is 14.7 Å². The molecule has 1 amide bonds. The van der Waals surface area contributed by atoms with Crippen LogP contribution in [0.1, 0.15) is 42.1 Å². The molecule has 0 aromatic carbocycles. The molecule has 2 aliphatic heterocycles. The molecule has 3 rings (SSSR count). The minimum Gasteiger partial charge on any atom is -0.477 e. The number of aromatic nitrogens is 1. The number of nitrogens with zero attached hydrogens (tertiary/aromatic N) is 4. The minimum atomic E-state index is -0.956. The Balaban J connectivity index is 1.66. The molecule has 0 bridgehead atoms. The number of aromatic carboxylic acids is 1. The summed E-state index contributed by atoms with van der Waals surface area (Å²) < 4.78 is 0. The summed E-state index contributed by atoms with van der Waals surface area (Å²) in [6, 6.07) is 0.0357. The number of hydrogen-bond donors (Lipinski definition) is 2. The van der Waals surface area contributed by atoms with Crippen molar-refractivity contribution in [1.82, 2.24) is 15.2 Å². The number of amides is 1. The molecule has 1 aromatic heterocycles. The summed E-state index contributed by atoms with van der Waals surface area (Å²) in [5.74, 6) is -0.737. The van der Waals surface area contributed by atoms with Crippen molar-refractivity contribution in [2.75, 3.05) is 24.5 Å². The molecule has 1 fully saturated rings. The molecular formula is C17H24ClN5O3S. The average Bonchev–Trinajstić information content (AvgIpc) is 3.15. The highest BCUT2D eigenvalue weighted by Crippen LogP contribution is 2.31. The SMILES string of the molecule is CCCN(C(=O)C1=NC(Cl)C(CC)N1)C1CN(c2nc(C)c(C(=O)O)s2)C1. The average molecular weight is 414 g/mol. The number of anilines is 1. The van der Waals surface area contributed by atoms with Gasteiger partial charge >= 0.3 is 5.97 Å². The Morgan fingerprint density at radius 1 is 1.41 bits per heavy atom. The van der Waals surface area contributed by atoms with Crippen LogP contribution in [0, 0.1) is 6.92 Å². The Kier molecular flexibility index (Phi) is 5.90. The topological polar surface area (TPSA) is 98.1 Å². The van der Waals surface area contributed by atoms with E-state index in [1.165, 1.54) is 11.3 Å². The van der Waals surface area contributed by atoms with Crippen LogP contribution in [0.4, 0.5) is 5.13 Å². The molecule has 8 nitrogen and oxygen atoms in total. The maximum Gasteiger partial charge on any atom is 0.347 e. The molecule has 27 heavy (non-hydrogen) atoms. The van der Waals surface area contributed by atoms with Crippen molar-refractivity contribution >= 4 is 45.8 Å². The standard InChI is InChI=1S/C17H24ClN5O3S/c1-4-6-23(15(24)14-20-11(5-2)13(18)21-14)10-7-22(8-10)17-19-9(3)12(27-17)16(25)26/h10-11,13H,4-8H2,1-3H3,(H,20,21)(H,25,26). The monoisotopic (exact) mass is 413 g/mol. The summed E-state index contributed by atoms with van der Waals surface area (Å²) in [6.07, 6.45) is 1.64. The fourth-order valence-electron chi connectivity index (χ4n) is 3.26. The zero-order chi connectivity index (χ0) is 19.7. The third-order valence-corrected chi connectivity index (χ3v) is 6.44. The third-order valence-electron chi connectivity index (χ3n) is 4.83. The van der Waals surface area contributed by atoms with Crippen LogP contribution in [0.15, 0.2) is 4.99 Å². The first kappa shape index (κ1) is 19.9. The van der Waals surface area contributed by atoms with E-state index in [0.29, 0.717) is 36.3 Å². The summed E-state index contributed by atoms with van der Waals surface area (Å²) in [6.45, 7) is 7.64. The van der Waals surface area contributed by atoms with E-state index in [0.717, 1.165) is 12.8 Å². The van der Waals surface area contributed by atoms with E-state index in [1.807, 2.05) is 23.6 Å². The van der Waals surface area contributed by atoms with Crippen LogP contribution in [-0.4, -0.2) is 69.9 Å². The van der Waals surface area contributed by atoms with Crippen molar-refractivity contribution in [3.8, 4) is 0 Å². The smallest absolute Gasteiger partial charge is 0.347 e.